The van der Waals surface area contributed by atoms with Crippen molar-refractivity contribution in [2.24, 2.45) is 0 Å². The molecule has 0 spiro atoms. The van der Waals surface area contributed by atoms with Gasteiger partial charge in [0.2, 0.25) is 0 Å². The van der Waals surface area contributed by atoms with Gasteiger partial charge in [-0.05, 0) is 24.3 Å². The number of benzene rings is 1. The van der Waals surface area contributed by atoms with E-state index in [9.17, 15) is 4.79 Å². The number of aromatic carboxylic acids is 1. The summed E-state index contributed by atoms with van der Waals surface area (Å²) >= 11 is 5.52. The summed E-state index contributed by atoms with van der Waals surface area (Å²) in [5.74, 6) is -0.934. The van der Waals surface area contributed by atoms with Crippen LogP contribution in [-0.2, 0) is 32.7 Å². The van der Waals surface area contributed by atoms with E-state index in [1.165, 1.54) is 12.1 Å². The molecule has 1 aromatic carbocycles. The van der Waals surface area contributed by atoms with Crippen molar-refractivity contribution < 1.29 is 42.6 Å². The van der Waals surface area contributed by atoms with Crippen molar-refractivity contribution in [3.05, 3.63) is 34.9 Å². The predicted octanol–water partition coefficient (Wildman–Crippen LogP) is 2.04. The molecule has 2 nitrogen and oxygen atoms in total. The fourth-order valence-corrected chi connectivity index (χ4v) is 0.718. The molecule has 4 heteroatoms. The molecule has 0 aromatic heterocycles. The molecular formula is C7H5ClO2Y. The molecule has 0 saturated carbocycles. The molecule has 0 unspecified atom stereocenters. The maximum Gasteiger partial charge on any atom is 0.335 e. The van der Waals surface area contributed by atoms with E-state index >= 15 is 0 Å². The molecule has 1 aromatic rings. The molecule has 11 heavy (non-hydrogen) atoms. The molecule has 0 heterocycles. The number of halogens is 1. The van der Waals surface area contributed by atoms with Gasteiger partial charge in [-0.15, -0.1) is 0 Å². The molecule has 0 aliphatic heterocycles. The second kappa shape index (κ2) is 4.86. The SMILES string of the molecule is O=C(O)c1ccc(Cl)cc1.[Y]. The zero-order valence-electron chi connectivity index (χ0n) is 5.62. The van der Waals surface area contributed by atoms with E-state index in [1.807, 2.05) is 0 Å². The van der Waals surface area contributed by atoms with E-state index in [-0.39, 0.29) is 38.3 Å². The first-order valence-corrected chi connectivity index (χ1v) is 3.07. The van der Waals surface area contributed by atoms with E-state index in [4.69, 9.17) is 16.7 Å². The molecule has 0 aliphatic carbocycles. The molecular weight excluding hydrogens is 240 g/mol. The van der Waals surface area contributed by atoms with Gasteiger partial charge in [0, 0.05) is 37.7 Å². The third-order valence-electron chi connectivity index (χ3n) is 1.09. The Bertz CT molecular complexity index is 245. The van der Waals surface area contributed by atoms with E-state index in [0.717, 1.165) is 0 Å². The van der Waals surface area contributed by atoms with Crippen molar-refractivity contribution >= 4 is 17.6 Å². The van der Waals surface area contributed by atoms with E-state index in [1.54, 1.807) is 12.1 Å². The summed E-state index contributed by atoms with van der Waals surface area (Å²) in [6, 6.07) is 6.02. The Kier molecular flexibility index (Phi) is 4.90. The number of hydrogen-bond donors (Lipinski definition) is 1. The van der Waals surface area contributed by atoms with Gasteiger partial charge in [0.1, 0.15) is 0 Å². The van der Waals surface area contributed by atoms with Crippen LogP contribution in [0.1, 0.15) is 10.4 Å². The van der Waals surface area contributed by atoms with Crippen LogP contribution in [-0.4, -0.2) is 11.1 Å². The Morgan fingerprint density at radius 1 is 1.27 bits per heavy atom. The van der Waals surface area contributed by atoms with Gasteiger partial charge < -0.3 is 5.11 Å². The number of carboxylic acids is 1. The van der Waals surface area contributed by atoms with Crippen LogP contribution in [0.4, 0.5) is 0 Å². The topological polar surface area (TPSA) is 37.3 Å². The standard InChI is InChI=1S/C7H5ClO2.Y/c8-6-3-1-5(2-4-6)7(9)10;/h1-4H,(H,9,10);. The van der Waals surface area contributed by atoms with Gasteiger partial charge in [0.05, 0.1) is 5.56 Å². The molecule has 1 N–H and O–H groups in total. The Balaban J connectivity index is 0.000001000. The number of carboxylic acid groups (broad SMARTS) is 1. The van der Waals surface area contributed by atoms with Crippen molar-refractivity contribution in [2.75, 3.05) is 0 Å². The van der Waals surface area contributed by atoms with Gasteiger partial charge in [0.25, 0.3) is 0 Å². The zero-order chi connectivity index (χ0) is 7.56. The van der Waals surface area contributed by atoms with E-state index in [2.05, 4.69) is 0 Å². The van der Waals surface area contributed by atoms with Crippen LogP contribution in [0.5, 0.6) is 0 Å². The third-order valence-corrected chi connectivity index (χ3v) is 1.34. The Morgan fingerprint density at radius 3 is 2.09 bits per heavy atom. The first-order valence-electron chi connectivity index (χ1n) is 2.69. The number of carbonyl (C=O) groups is 1. The summed E-state index contributed by atoms with van der Waals surface area (Å²) < 4.78 is 0. The molecule has 1 radical (unpaired) electrons. The first kappa shape index (κ1) is 11.1. The van der Waals surface area contributed by atoms with Crippen LogP contribution in [0.15, 0.2) is 24.3 Å². The van der Waals surface area contributed by atoms with Gasteiger partial charge in [-0.2, -0.15) is 0 Å². The molecule has 0 atom stereocenters. The second-order valence-electron chi connectivity index (χ2n) is 1.81. The van der Waals surface area contributed by atoms with Crippen LogP contribution >= 0.6 is 11.6 Å². The maximum absolute atomic E-state index is 10.3. The van der Waals surface area contributed by atoms with Crippen molar-refractivity contribution in [1.29, 1.82) is 0 Å². The van der Waals surface area contributed by atoms with Crippen molar-refractivity contribution in [3.8, 4) is 0 Å². The first-order chi connectivity index (χ1) is 4.70. The number of rotatable bonds is 1. The molecule has 0 amide bonds. The second-order valence-corrected chi connectivity index (χ2v) is 2.25. The molecule has 0 aliphatic rings. The van der Waals surface area contributed by atoms with Crippen molar-refractivity contribution in [3.63, 3.8) is 0 Å². The Labute approximate surface area is 94.4 Å². The smallest absolute Gasteiger partial charge is 0.335 e. The Hall–Kier alpha value is 0.0839. The Morgan fingerprint density at radius 2 is 1.73 bits per heavy atom. The maximum atomic E-state index is 10.3. The van der Waals surface area contributed by atoms with Crippen LogP contribution in [0, 0.1) is 0 Å². The van der Waals surface area contributed by atoms with Crippen LogP contribution in [0.2, 0.25) is 5.02 Å². The average molecular weight is 245 g/mol. The minimum Gasteiger partial charge on any atom is -0.478 e. The van der Waals surface area contributed by atoms with Gasteiger partial charge >= 0.3 is 5.97 Å². The molecule has 0 bridgehead atoms. The quantitative estimate of drug-likeness (QED) is 0.822. The van der Waals surface area contributed by atoms with E-state index in [0.29, 0.717) is 5.02 Å². The minimum absolute atomic E-state index is 0. The van der Waals surface area contributed by atoms with Crippen molar-refractivity contribution in [2.45, 2.75) is 0 Å². The summed E-state index contributed by atoms with van der Waals surface area (Å²) in [6.45, 7) is 0. The van der Waals surface area contributed by atoms with Crippen LogP contribution in [0.25, 0.3) is 0 Å². The summed E-state index contributed by atoms with van der Waals surface area (Å²) in [7, 11) is 0. The summed E-state index contributed by atoms with van der Waals surface area (Å²) in [4.78, 5) is 10.3. The number of hydrogen-bond acceptors (Lipinski definition) is 1. The van der Waals surface area contributed by atoms with Gasteiger partial charge in [-0.25, -0.2) is 4.79 Å². The minimum atomic E-state index is -0.934. The molecule has 0 saturated heterocycles. The summed E-state index contributed by atoms with van der Waals surface area (Å²) in [5, 5.41) is 8.98. The zero-order valence-corrected chi connectivity index (χ0v) is 9.21. The van der Waals surface area contributed by atoms with Gasteiger partial charge in [0.15, 0.2) is 0 Å². The van der Waals surface area contributed by atoms with Crippen LogP contribution < -0.4 is 0 Å². The predicted molar refractivity (Wildman–Crippen MR) is 38.4 cm³/mol. The molecule has 1 rings (SSSR count). The van der Waals surface area contributed by atoms with E-state index < -0.39 is 5.97 Å². The monoisotopic (exact) mass is 245 g/mol. The average Bonchev–Trinajstić information content (AvgIpc) is 1.88. The fraction of sp³-hybridized carbons (Fsp3) is 0. The summed E-state index contributed by atoms with van der Waals surface area (Å²) in [5.41, 5.74) is 0.254. The van der Waals surface area contributed by atoms with Gasteiger partial charge in [-0.3, -0.25) is 0 Å². The molecule has 55 valence electrons. The normalized spacial score (nSPS) is 8.45. The van der Waals surface area contributed by atoms with Crippen molar-refractivity contribution in [1.82, 2.24) is 0 Å². The largest absolute Gasteiger partial charge is 0.478 e. The summed E-state index contributed by atoms with van der Waals surface area (Å²) in [6.07, 6.45) is 0. The molecule has 0 fully saturated rings. The van der Waals surface area contributed by atoms with Crippen LogP contribution in [0.3, 0.4) is 0 Å². The fourth-order valence-electron chi connectivity index (χ4n) is 0.592. The third kappa shape index (κ3) is 3.32. The van der Waals surface area contributed by atoms with Gasteiger partial charge in [-0.1, -0.05) is 11.6 Å².